The Morgan fingerprint density at radius 3 is 2.44 bits per heavy atom. The number of rotatable bonds is 8. The standard InChI is InChI=1S/C16H30O2/c1-3-4-5-6-7-8-9-14-12-13(2)10-11-15(14)16(17)18/h13-15H,3-12H2,1-2H3,(H,17,18). The number of carboxylic acid groups (broad SMARTS) is 1. The highest BCUT2D eigenvalue weighted by atomic mass is 16.4. The van der Waals surface area contributed by atoms with Crippen molar-refractivity contribution in [2.45, 2.75) is 78.1 Å². The smallest absolute Gasteiger partial charge is 0.306 e. The molecule has 2 nitrogen and oxygen atoms in total. The first-order valence-electron chi connectivity index (χ1n) is 7.88. The SMILES string of the molecule is CCCCCCCCC1CC(C)CCC1C(=O)O. The zero-order valence-electron chi connectivity index (χ0n) is 12.2. The second-order valence-electron chi connectivity index (χ2n) is 6.18. The third-order valence-corrected chi connectivity index (χ3v) is 4.49. The van der Waals surface area contributed by atoms with E-state index in [-0.39, 0.29) is 5.92 Å². The number of unbranched alkanes of at least 4 members (excludes halogenated alkanes) is 5. The van der Waals surface area contributed by atoms with Crippen LogP contribution in [-0.4, -0.2) is 11.1 Å². The minimum absolute atomic E-state index is 0.0585. The molecule has 106 valence electrons. The second-order valence-corrected chi connectivity index (χ2v) is 6.18. The molecule has 1 aliphatic rings. The van der Waals surface area contributed by atoms with Crippen LogP contribution >= 0.6 is 0 Å². The number of hydrogen-bond acceptors (Lipinski definition) is 1. The van der Waals surface area contributed by atoms with Crippen LogP contribution in [0, 0.1) is 17.8 Å². The molecule has 18 heavy (non-hydrogen) atoms. The molecule has 0 aromatic carbocycles. The lowest BCUT2D eigenvalue weighted by Gasteiger charge is -2.32. The summed E-state index contributed by atoms with van der Waals surface area (Å²) in [5, 5.41) is 9.27. The number of aliphatic carboxylic acids is 1. The third-order valence-electron chi connectivity index (χ3n) is 4.49. The molecule has 1 aliphatic carbocycles. The molecule has 3 atom stereocenters. The predicted octanol–water partition coefficient (Wildman–Crippen LogP) is 4.87. The van der Waals surface area contributed by atoms with Crippen LogP contribution in [0.2, 0.25) is 0 Å². The Morgan fingerprint density at radius 2 is 1.78 bits per heavy atom. The fourth-order valence-corrected chi connectivity index (χ4v) is 3.33. The maximum atomic E-state index is 11.2. The van der Waals surface area contributed by atoms with Crippen molar-refractivity contribution < 1.29 is 9.90 Å². The quantitative estimate of drug-likeness (QED) is 0.627. The monoisotopic (exact) mass is 254 g/mol. The van der Waals surface area contributed by atoms with Crippen LogP contribution in [0.15, 0.2) is 0 Å². The Bertz CT molecular complexity index is 237. The van der Waals surface area contributed by atoms with E-state index in [0.717, 1.165) is 31.6 Å². The molecule has 2 heteroatoms. The van der Waals surface area contributed by atoms with E-state index in [1.54, 1.807) is 0 Å². The van der Waals surface area contributed by atoms with Crippen molar-refractivity contribution >= 4 is 5.97 Å². The van der Waals surface area contributed by atoms with E-state index in [2.05, 4.69) is 13.8 Å². The summed E-state index contributed by atoms with van der Waals surface area (Å²) >= 11 is 0. The van der Waals surface area contributed by atoms with Gasteiger partial charge in [-0.15, -0.1) is 0 Å². The first-order chi connectivity index (χ1) is 8.65. The summed E-state index contributed by atoms with van der Waals surface area (Å²) in [4.78, 5) is 11.2. The number of carboxylic acids is 1. The third kappa shape index (κ3) is 5.41. The minimum atomic E-state index is -0.558. The molecule has 1 rings (SSSR count). The number of carbonyl (C=O) groups is 1. The Hall–Kier alpha value is -0.530. The molecule has 1 fully saturated rings. The average molecular weight is 254 g/mol. The fraction of sp³-hybridized carbons (Fsp3) is 0.938. The van der Waals surface area contributed by atoms with Gasteiger partial charge in [0.2, 0.25) is 0 Å². The van der Waals surface area contributed by atoms with Gasteiger partial charge in [0, 0.05) is 0 Å². The highest BCUT2D eigenvalue weighted by Gasteiger charge is 2.32. The zero-order chi connectivity index (χ0) is 13.4. The van der Waals surface area contributed by atoms with Gasteiger partial charge in [0.25, 0.3) is 0 Å². The van der Waals surface area contributed by atoms with Crippen molar-refractivity contribution in [3.8, 4) is 0 Å². The number of hydrogen-bond donors (Lipinski definition) is 1. The van der Waals surface area contributed by atoms with Crippen LogP contribution in [0.1, 0.15) is 78.1 Å². The molecule has 0 aromatic heterocycles. The molecule has 0 radical (unpaired) electrons. The van der Waals surface area contributed by atoms with Crippen LogP contribution in [-0.2, 0) is 4.79 Å². The van der Waals surface area contributed by atoms with E-state index >= 15 is 0 Å². The maximum Gasteiger partial charge on any atom is 0.306 e. The van der Waals surface area contributed by atoms with E-state index < -0.39 is 5.97 Å². The lowest BCUT2D eigenvalue weighted by atomic mass is 9.72. The zero-order valence-corrected chi connectivity index (χ0v) is 12.2. The van der Waals surface area contributed by atoms with Crippen molar-refractivity contribution in [2.24, 2.45) is 17.8 Å². The maximum absolute atomic E-state index is 11.2. The summed E-state index contributed by atoms with van der Waals surface area (Å²) in [7, 11) is 0. The molecule has 1 saturated carbocycles. The molecule has 0 aromatic rings. The first-order valence-corrected chi connectivity index (χ1v) is 7.88. The Balaban J connectivity index is 2.22. The Kier molecular flexibility index (Phi) is 7.38. The molecule has 0 aliphatic heterocycles. The minimum Gasteiger partial charge on any atom is -0.481 e. The van der Waals surface area contributed by atoms with Crippen LogP contribution in [0.4, 0.5) is 0 Å². The fourth-order valence-electron chi connectivity index (χ4n) is 3.33. The average Bonchev–Trinajstić information content (AvgIpc) is 2.33. The molecule has 0 bridgehead atoms. The van der Waals surface area contributed by atoms with E-state index in [0.29, 0.717) is 5.92 Å². The summed E-state index contributed by atoms with van der Waals surface area (Å²) in [5.74, 6) is 0.554. The molecule has 3 unspecified atom stereocenters. The molecular formula is C16H30O2. The first kappa shape index (κ1) is 15.5. The van der Waals surface area contributed by atoms with Gasteiger partial charge >= 0.3 is 5.97 Å². The van der Waals surface area contributed by atoms with Gasteiger partial charge in [-0.05, 0) is 37.5 Å². The van der Waals surface area contributed by atoms with Gasteiger partial charge in [0.05, 0.1) is 5.92 Å². The summed E-state index contributed by atoms with van der Waals surface area (Å²) < 4.78 is 0. The van der Waals surface area contributed by atoms with Gasteiger partial charge in [-0.25, -0.2) is 0 Å². The van der Waals surface area contributed by atoms with Gasteiger partial charge < -0.3 is 5.11 Å². The van der Waals surface area contributed by atoms with E-state index in [1.165, 1.54) is 38.5 Å². The molecule has 1 N–H and O–H groups in total. The van der Waals surface area contributed by atoms with Crippen molar-refractivity contribution in [1.29, 1.82) is 0 Å². The molecule has 0 spiro atoms. The predicted molar refractivity (Wildman–Crippen MR) is 75.6 cm³/mol. The van der Waals surface area contributed by atoms with Crippen molar-refractivity contribution in [3.05, 3.63) is 0 Å². The van der Waals surface area contributed by atoms with Gasteiger partial charge in [-0.3, -0.25) is 4.79 Å². The van der Waals surface area contributed by atoms with E-state index in [9.17, 15) is 9.90 Å². The highest BCUT2D eigenvalue weighted by Crippen LogP contribution is 2.37. The van der Waals surface area contributed by atoms with E-state index in [4.69, 9.17) is 0 Å². The summed E-state index contributed by atoms with van der Waals surface area (Å²) in [5.41, 5.74) is 0. The molecule has 0 saturated heterocycles. The lowest BCUT2D eigenvalue weighted by molar-refractivity contribution is -0.145. The van der Waals surface area contributed by atoms with Gasteiger partial charge in [0.1, 0.15) is 0 Å². The second kappa shape index (κ2) is 8.55. The lowest BCUT2D eigenvalue weighted by Crippen LogP contribution is -2.29. The van der Waals surface area contributed by atoms with Crippen LogP contribution in [0.25, 0.3) is 0 Å². The Morgan fingerprint density at radius 1 is 1.11 bits per heavy atom. The normalized spacial score (nSPS) is 28.2. The van der Waals surface area contributed by atoms with Crippen LogP contribution in [0.3, 0.4) is 0 Å². The van der Waals surface area contributed by atoms with Crippen molar-refractivity contribution in [2.75, 3.05) is 0 Å². The highest BCUT2D eigenvalue weighted by molar-refractivity contribution is 5.70. The van der Waals surface area contributed by atoms with Crippen LogP contribution < -0.4 is 0 Å². The molecule has 0 heterocycles. The van der Waals surface area contributed by atoms with Gasteiger partial charge in [-0.2, -0.15) is 0 Å². The summed E-state index contributed by atoms with van der Waals surface area (Å²) in [6.07, 6.45) is 12.1. The topological polar surface area (TPSA) is 37.3 Å². The molecular weight excluding hydrogens is 224 g/mol. The largest absolute Gasteiger partial charge is 0.481 e. The van der Waals surface area contributed by atoms with Gasteiger partial charge in [0.15, 0.2) is 0 Å². The van der Waals surface area contributed by atoms with Crippen molar-refractivity contribution in [3.63, 3.8) is 0 Å². The molecule has 0 amide bonds. The van der Waals surface area contributed by atoms with E-state index in [1.807, 2.05) is 0 Å². The summed E-state index contributed by atoms with van der Waals surface area (Å²) in [6.45, 7) is 4.51. The van der Waals surface area contributed by atoms with Crippen LogP contribution in [0.5, 0.6) is 0 Å². The summed E-state index contributed by atoms with van der Waals surface area (Å²) in [6, 6.07) is 0. The Labute approximate surface area is 112 Å². The van der Waals surface area contributed by atoms with Gasteiger partial charge in [-0.1, -0.05) is 52.4 Å². The van der Waals surface area contributed by atoms with Crippen molar-refractivity contribution in [1.82, 2.24) is 0 Å².